The SMILES string of the molecule is ISc1ccc(-c2ccc(-c3ccc4ccc(-c5ccc(I)cc5)cc4c3)cn2)cc1. The second-order valence-corrected chi connectivity index (χ2v) is 10.5. The summed E-state index contributed by atoms with van der Waals surface area (Å²) < 4.78 is 1.25. The highest BCUT2D eigenvalue weighted by molar-refractivity contribution is 14.2. The zero-order chi connectivity index (χ0) is 21.2. The van der Waals surface area contributed by atoms with Gasteiger partial charge in [0, 0.05) is 47.0 Å². The van der Waals surface area contributed by atoms with Crippen molar-refractivity contribution in [1.82, 2.24) is 4.98 Å². The summed E-state index contributed by atoms with van der Waals surface area (Å²) in [5.41, 5.74) is 6.93. The van der Waals surface area contributed by atoms with Crippen molar-refractivity contribution in [2.75, 3.05) is 0 Å². The second kappa shape index (κ2) is 9.30. The van der Waals surface area contributed by atoms with E-state index in [1.54, 1.807) is 8.93 Å². The van der Waals surface area contributed by atoms with E-state index in [9.17, 15) is 0 Å². The Bertz CT molecular complexity index is 1350. The predicted octanol–water partition coefficient (Wildman–Crippen LogP) is 9.28. The molecule has 31 heavy (non-hydrogen) atoms. The molecule has 0 spiro atoms. The van der Waals surface area contributed by atoms with Crippen molar-refractivity contribution in [2.24, 2.45) is 0 Å². The first-order chi connectivity index (χ1) is 15.2. The van der Waals surface area contributed by atoms with Crippen LogP contribution < -0.4 is 0 Å². The Balaban J connectivity index is 1.47. The van der Waals surface area contributed by atoms with Crippen LogP contribution in [0.4, 0.5) is 0 Å². The lowest BCUT2D eigenvalue weighted by Crippen LogP contribution is -1.86. The van der Waals surface area contributed by atoms with Crippen molar-refractivity contribution in [3.05, 3.63) is 107 Å². The Morgan fingerprint density at radius 2 is 1.13 bits per heavy atom. The molecule has 0 saturated heterocycles. The molecule has 0 amide bonds. The predicted molar refractivity (Wildman–Crippen MR) is 151 cm³/mol. The molecule has 0 saturated carbocycles. The van der Waals surface area contributed by atoms with Crippen LogP contribution in [0.2, 0.25) is 0 Å². The fourth-order valence-electron chi connectivity index (χ4n) is 3.66. The first kappa shape index (κ1) is 21.0. The Kier molecular flexibility index (Phi) is 6.29. The van der Waals surface area contributed by atoms with E-state index in [0.29, 0.717) is 0 Å². The fraction of sp³-hybridized carbons (Fsp3) is 0. The lowest BCUT2D eigenvalue weighted by Gasteiger charge is -2.08. The van der Waals surface area contributed by atoms with Crippen molar-refractivity contribution in [3.63, 3.8) is 0 Å². The van der Waals surface area contributed by atoms with Crippen LogP contribution >= 0.6 is 52.7 Å². The van der Waals surface area contributed by atoms with Gasteiger partial charge in [0.2, 0.25) is 0 Å². The number of nitrogens with zero attached hydrogens (tertiary/aromatic N) is 1. The normalized spacial score (nSPS) is 11.0. The smallest absolute Gasteiger partial charge is 0.0702 e. The number of halogens is 2. The number of aromatic nitrogens is 1. The Labute approximate surface area is 212 Å². The van der Waals surface area contributed by atoms with Gasteiger partial charge in [-0.15, -0.1) is 0 Å². The third-order valence-electron chi connectivity index (χ3n) is 5.35. The van der Waals surface area contributed by atoms with Crippen molar-refractivity contribution in [3.8, 4) is 33.5 Å². The van der Waals surface area contributed by atoms with E-state index in [1.165, 1.54) is 35.9 Å². The molecule has 0 N–H and O–H groups in total. The molecule has 5 aromatic rings. The standard InChI is InChI=1S/C27H17I2NS/c28-25-10-5-18(6-11-25)21-3-1-19-2-4-22(16-24(19)15-21)23-9-14-27(30-17-23)20-7-12-26(31-29)13-8-20/h1-17H. The van der Waals surface area contributed by atoms with Gasteiger partial charge in [-0.1, -0.05) is 63.5 Å². The van der Waals surface area contributed by atoms with Gasteiger partial charge in [-0.25, -0.2) is 0 Å². The van der Waals surface area contributed by atoms with E-state index in [1.807, 2.05) is 6.20 Å². The largest absolute Gasteiger partial charge is 0.256 e. The van der Waals surface area contributed by atoms with Crippen LogP contribution in [-0.4, -0.2) is 4.98 Å². The van der Waals surface area contributed by atoms with Crippen molar-refractivity contribution < 1.29 is 0 Å². The summed E-state index contributed by atoms with van der Waals surface area (Å²) in [4.78, 5) is 5.98. The molecule has 0 bridgehead atoms. The molecule has 4 heteroatoms. The fourth-order valence-corrected chi connectivity index (χ4v) is 5.14. The van der Waals surface area contributed by atoms with Crippen LogP contribution in [0.1, 0.15) is 0 Å². The number of hydrogen-bond acceptors (Lipinski definition) is 2. The minimum absolute atomic E-state index is 0.996. The number of fused-ring (bicyclic) bond motifs is 1. The molecule has 1 nitrogen and oxygen atoms in total. The van der Waals surface area contributed by atoms with Crippen LogP contribution in [0.3, 0.4) is 0 Å². The first-order valence-corrected chi connectivity index (χ1v) is 14.3. The third-order valence-corrected chi connectivity index (χ3v) is 8.05. The maximum Gasteiger partial charge on any atom is 0.0702 e. The van der Waals surface area contributed by atoms with Crippen LogP contribution in [0.5, 0.6) is 0 Å². The monoisotopic (exact) mass is 641 g/mol. The summed E-state index contributed by atoms with van der Waals surface area (Å²) in [6, 6.07) is 34.8. The van der Waals surface area contributed by atoms with E-state index in [-0.39, 0.29) is 0 Å². The maximum absolute atomic E-state index is 4.72. The van der Waals surface area contributed by atoms with E-state index in [2.05, 4.69) is 141 Å². The van der Waals surface area contributed by atoms with Crippen LogP contribution in [0.15, 0.2) is 108 Å². The topological polar surface area (TPSA) is 12.9 Å². The molecular formula is C27H17I2NS. The molecule has 0 aliphatic rings. The number of benzene rings is 4. The second-order valence-electron chi connectivity index (χ2n) is 7.32. The van der Waals surface area contributed by atoms with Gasteiger partial charge < -0.3 is 0 Å². The number of hydrogen-bond donors (Lipinski definition) is 0. The summed E-state index contributed by atoms with van der Waals surface area (Å²) >= 11 is 4.65. The van der Waals surface area contributed by atoms with Gasteiger partial charge in [0.25, 0.3) is 0 Å². The molecule has 1 heterocycles. The summed E-state index contributed by atoms with van der Waals surface area (Å²) in [5, 5.41) is 2.49. The van der Waals surface area contributed by atoms with Gasteiger partial charge in [-0.2, -0.15) is 0 Å². The van der Waals surface area contributed by atoms with Gasteiger partial charge in [0.1, 0.15) is 0 Å². The lowest BCUT2D eigenvalue weighted by atomic mass is 9.98. The Morgan fingerprint density at radius 3 is 1.74 bits per heavy atom. The molecule has 0 fully saturated rings. The molecule has 5 rings (SSSR count). The summed E-state index contributed by atoms with van der Waals surface area (Å²) in [6.07, 6.45) is 1.97. The quantitative estimate of drug-likeness (QED) is 0.182. The molecule has 0 aliphatic heterocycles. The minimum atomic E-state index is 0.996. The summed E-state index contributed by atoms with van der Waals surface area (Å²) in [7, 11) is 1.72. The first-order valence-electron chi connectivity index (χ1n) is 9.85. The molecule has 0 atom stereocenters. The van der Waals surface area contributed by atoms with Crippen LogP contribution in [0, 0.1) is 3.57 Å². The lowest BCUT2D eigenvalue weighted by molar-refractivity contribution is 1.32. The zero-order valence-corrected chi connectivity index (χ0v) is 21.6. The molecule has 1 aromatic heterocycles. The highest BCUT2D eigenvalue weighted by Crippen LogP contribution is 2.30. The van der Waals surface area contributed by atoms with Gasteiger partial charge in [0.05, 0.1) is 5.69 Å². The molecule has 0 aliphatic carbocycles. The van der Waals surface area contributed by atoms with E-state index in [0.717, 1.165) is 16.8 Å². The number of pyridine rings is 1. The maximum atomic E-state index is 4.72. The zero-order valence-electron chi connectivity index (χ0n) is 16.4. The molecule has 150 valence electrons. The average molecular weight is 641 g/mol. The van der Waals surface area contributed by atoms with Crippen LogP contribution in [-0.2, 0) is 0 Å². The van der Waals surface area contributed by atoms with E-state index >= 15 is 0 Å². The third kappa shape index (κ3) is 4.66. The highest BCUT2D eigenvalue weighted by atomic mass is 127. The van der Waals surface area contributed by atoms with Gasteiger partial charge in [0.15, 0.2) is 0 Å². The summed E-state index contributed by atoms with van der Waals surface area (Å²) in [6.45, 7) is 0. The highest BCUT2D eigenvalue weighted by Gasteiger charge is 2.05. The van der Waals surface area contributed by atoms with Gasteiger partial charge in [-0.05, 0) is 92.5 Å². The minimum Gasteiger partial charge on any atom is -0.256 e. The molecule has 4 aromatic carbocycles. The Morgan fingerprint density at radius 1 is 0.548 bits per heavy atom. The summed E-state index contributed by atoms with van der Waals surface area (Å²) in [5.74, 6) is 0. The van der Waals surface area contributed by atoms with Crippen molar-refractivity contribution in [1.29, 1.82) is 0 Å². The molecule has 0 unspecified atom stereocenters. The molecule has 0 radical (unpaired) electrons. The average Bonchev–Trinajstić information content (AvgIpc) is 2.84. The Hall–Kier alpha value is -1.90. The van der Waals surface area contributed by atoms with E-state index in [4.69, 9.17) is 4.98 Å². The number of rotatable bonds is 4. The van der Waals surface area contributed by atoms with Crippen molar-refractivity contribution in [2.45, 2.75) is 4.90 Å². The molecular weight excluding hydrogens is 624 g/mol. The van der Waals surface area contributed by atoms with E-state index < -0.39 is 0 Å². The van der Waals surface area contributed by atoms with Gasteiger partial charge in [-0.3, -0.25) is 4.98 Å². The van der Waals surface area contributed by atoms with Crippen molar-refractivity contribution >= 4 is 63.5 Å². The van der Waals surface area contributed by atoms with Crippen LogP contribution in [0.25, 0.3) is 44.3 Å². The van der Waals surface area contributed by atoms with Gasteiger partial charge >= 0.3 is 0 Å².